The van der Waals surface area contributed by atoms with Crippen LogP contribution in [-0.2, 0) is 11.3 Å². The molecule has 2 aliphatic heterocycles. The smallest absolute Gasteiger partial charge is 0.415 e. The van der Waals surface area contributed by atoms with E-state index < -0.39 is 17.7 Å². The Hall–Kier alpha value is -1.99. The maximum absolute atomic E-state index is 14.1. The lowest BCUT2D eigenvalue weighted by Crippen LogP contribution is -2.40. The Kier molecular flexibility index (Phi) is 5.41. The van der Waals surface area contributed by atoms with Crippen molar-refractivity contribution in [3.05, 3.63) is 52.9 Å². The molecule has 2 aliphatic rings. The minimum atomic E-state index is -0.667. The number of piperidine rings is 1. The quantitative estimate of drug-likeness (QED) is 0.802. The fraction of sp³-hybridized carbons (Fsp3) is 0.450. The number of amides is 1. The fourth-order valence-electron chi connectivity index (χ4n) is 4.05. The van der Waals surface area contributed by atoms with E-state index in [9.17, 15) is 13.6 Å². The van der Waals surface area contributed by atoms with Gasteiger partial charge < -0.3 is 10.1 Å². The molecule has 144 valence electrons. The average Bonchev–Trinajstić information content (AvgIpc) is 3.29. The number of carbonyl (C=O) groups excluding carboxylic acids is 1. The van der Waals surface area contributed by atoms with Crippen molar-refractivity contribution in [1.82, 2.24) is 5.32 Å². The van der Waals surface area contributed by atoms with Gasteiger partial charge in [-0.25, -0.2) is 13.6 Å². The van der Waals surface area contributed by atoms with E-state index in [-0.39, 0.29) is 12.1 Å². The molecule has 7 heteroatoms. The number of benzene rings is 1. The molecule has 0 radical (unpaired) electrons. The topological polar surface area (TPSA) is 41.6 Å². The summed E-state index contributed by atoms with van der Waals surface area (Å²) in [5.74, 6) is -0.943. The van der Waals surface area contributed by atoms with Crippen LogP contribution in [0.5, 0.6) is 0 Å². The summed E-state index contributed by atoms with van der Waals surface area (Å²) in [7, 11) is 0. The van der Waals surface area contributed by atoms with Gasteiger partial charge in [-0.05, 0) is 55.2 Å². The molecule has 1 N–H and O–H groups in total. The second kappa shape index (κ2) is 7.94. The van der Waals surface area contributed by atoms with E-state index in [0.717, 1.165) is 18.9 Å². The summed E-state index contributed by atoms with van der Waals surface area (Å²) in [6, 6.07) is 8.08. The first-order valence-corrected chi connectivity index (χ1v) is 10.1. The number of nitrogens with one attached hydrogen (secondary N) is 1. The predicted octanol–water partition coefficient (Wildman–Crippen LogP) is 4.70. The van der Waals surface area contributed by atoms with E-state index in [4.69, 9.17) is 4.74 Å². The highest BCUT2D eigenvalue weighted by molar-refractivity contribution is 7.14. The van der Waals surface area contributed by atoms with Gasteiger partial charge in [0.1, 0.15) is 16.6 Å². The lowest BCUT2D eigenvalue weighted by atomic mass is 9.93. The van der Waals surface area contributed by atoms with Crippen LogP contribution in [0.15, 0.2) is 35.7 Å². The zero-order valence-electron chi connectivity index (χ0n) is 14.9. The van der Waals surface area contributed by atoms with E-state index >= 15 is 0 Å². The lowest BCUT2D eigenvalue weighted by Gasteiger charge is -2.29. The van der Waals surface area contributed by atoms with Crippen molar-refractivity contribution in [2.75, 3.05) is 11.5 Å². The van der Waals surface area contributed by atoms with Gasteiger partial charge in [-0.2, -0.15) is 0 Å². The Bertz CT molecular complexity index is 787. The zero-order chi connectivity index (χ0) is 18.8. The molecule has 1 aromatic carbocycles. The predicted molar refractivity (Wildman–Crippen MR) is 101 cm³/mol. The van der Waals surface area contributed by atoms with Crippen molar-refractivity contribution in [1.29, 1.82) is 0 Å². The number of hydrogen-bond donors (Lipinski definition) is 1. The van der Waals surface area contributed by atoms with Crippen LogP contribution in [-0.4, -0.2) is 24.8 Å². The monoisotopic (exact) mass is 392 g/mol. The van der Waals surface area contributed by atoms with E-state index in [0.29, 0.717) is 29.6 Å². The first kappa shape index (κ1) is 18.4. The molecule has 0 aliphatic carbocycles. The third-order valence-electron chi connectivity index (χ3n) is 5.35. The number of anilines is 1. The zero-order valence-corrected chi connectivity index (χ0v) is 15.7. The SMILES string of the molecule is O=C(OCC1CC2CCC(C1)N2)N(Cc1ccc(F)cc1F)c1cccs1. The summed E-state index contributed by atoms with van der Waals surface area (Å²) in [5, 5.41) is 6.10. The summed E-state index contributed by atoms with van der Waals surface area (Å²) in [6.45, 7) is 0.379. The van der Waals surface area contributed by atoms with Crippen molar-refractivity contribution in [2.45, 2.75) is 44.3 Å². The van der Waals surface area contributed by atoms with Gasteiger partial charge in [0.05, 0.1) is 13.2 Å². The van der Waals surface area contributed by atoms with Gasteiger partial charge in [-0.15, -0.1) is 11.3 Å². The molecule has 0 saturated carbocycles. The molecule has 2 saturated heterocycles. The van der Waals surface area contributed by atoms with Crippen LogP contribution >= 0.6 is 11.3 Å². The molecular weight excluding hydrogens is 370 g/mol. The molecule has 4 nitrogen and oxygen atoms in total. The normalized spacial score (nSPS) is 24.0. The number of rotatable bonds is 5. The Morgan fingerprint density at radius 1 is 1.22 bits per heavy atom. The molecule has 2 unspecified atom stereocenters. The van der Waals surface area contributed by atoms with Crippen LogP contribution in [0.3, 0.4) is 0 Å². The maximum atomic E-state index is 14.1. The van der Waals surface area contributed by atoms with Crippen LogP contribution in [0.2, 0.25) is 0 Å². The highest BCUT2D eigenvalue weighted by Crippen LogP contribution is 2.31. The number of nitrogens with zero attached hydrogens (tertiary/aromatic N) is 1. The number of hydrogen-bond acceptors (Lipinski definition) is 4. The van der Waals surface area contributed by atoms with Gasteiger partial charge in [-0.3, -0.25) is 4.90 Å². The van der Waals surface area contributed by atoms with Gasteiger partial charge in [0.25, 0.3) is 0 Å². The third-order valence-corrected chi connectivity index (χ3v) is 6.24. The molecule has 2 aromatic rings. The van der Waals surface area contributed by atoms with Crippen molar-refractivity contribution in [3.8, 4) is 0 Å². The first-order valence-electron chi connectivity index (χ1n) is 9.26. The van der Waals surface area contributed by atoms with Gasteiger partial charge in [-0.1, -0.05) is 6.07 Å². The Morgan fingerprint density at radius 3 is 2.67 bits per heavy atom. The van der Waals surface area contributed by atoms with Gasteiger partial charge in [0.2, 0.25) is 0 Å². The average molecular weight is 392 g/mol. The van der Waals surface area contributed by atoms with E-state index in [2.05, 4.69) is 5.32 Å². The Balaban J connectivity index is 1.43. The number of halogens is 2. The molecule has 27 heavy (non-hydrogen) atoms. The van der Waals surface area contributed by atoms with Gasteiger partial charge in [0.15, 0.2) is 0 Å². The number of ether oxygens (including phenoxy) is 1. The highest BCUT2D eigenvalue weighted by Gasteiger charge is 2.34. The van der Waals surface area contributed by atoms with Crippen LogP contribution in [0.25, 0.3) is 0 Å². The highest BCUT2D eigenvalue weighted by atomic mass is 32.1. The van der Waals surface area contributed by atoms with E-state index in [1.807, 2.05) is 11.4 Å². The summed E-state index contributed by atoms with van der Waals surface area (Å²) in [5.41, 5.74) is 0.252. The van der Waals surface area contributed by atoms with Crippen LogP contribution in [0.4, 0.5) is 18.6 Å². The van der Waals surface area contributed by atoms with E-state index in [1.165, 1.54) is 41.2 Å². The maximum Gasteiger partial charge on any atom is 0.415 e. The summed E-state index contributed by atoms with van der Waals surface area (Å²) < 4.78 is 32.8. The van der Waals surface area contributed by atoms with Crippen LogP contribution in [0, 0.1) is 17.6 Å². The van der Waals surface area contributed by atoms with Crippen LogP contribution in [0.1, 0.15) is 31.2 Å². The molecular formula is C20H22F2N2O2S. The van der Waals surface area contributed by atoms with Gasteiger partial charge in [0, 0.05) is 23.7 Å². The molecule has 2 fully saturated rings. The molecule has 2 atom stereocenters. The number of thiophene rings is 1. The van der Waals surface area contributed by atoms with Crippen molar-refractivity contribution in [3.63, 3.8) is 0 Å². The van der Waals surface area contributed by atoms with Crippen molar-refractivity contribution < 1.29 is 18.3 Å². The molecule has 0 spiro atoms. The molecule has 4 rings (SSSR count). The standard InChI is InChI=1S/C20H22F2N2O2S/c21-15-4-3-14(18(22)10-15)11-24(19-2-1-7-27-19)20(25)26-12-13-8-16-5-6-17(9-13)23-16/h1-4,7,10,13,16-17,23H,5-6,8-9,11-12H2. The van der Waals surface area contributed by atoms with E-state index in [1.54, 1.807) is 6.07 Å². The second-order valence-electron chi connectivity index (χ2n) is 7.33. The lowest BCUT2D eigenvalue weighted by molar-refractivity contribution is 0.116. The summed E-state index contributed by atoms with van der Waals surface area (Å²) in [4.78, 5) is 14.2. The van der Waals surface area contributed by atoms with Crippen LogP contribution < -0.4 is 10.2 Å². The summed E-state index contributed by atoms with van der Waals surface area (Å²) in [6.07, 6.45) is 3.94. The van der Waals surface area contributed by atoms with Crippen molar-refractivity contribution in [2.24, 2.45) is 5.92 Å². The fourth-order valence-corrected chi connectivity index (χ4v) is 4.77. The summed E-state index contributed by atoms with van der Waals surface area (Å²) >= 11 is 1.38. The second-order valence-corrected chi connectivity index (χ2v) is 8.25. The molecule has 1 aromatic heterocycles. The largest absolute Gasteiger partial charge is 0.449 e. The molecule has 3 heterocycles. The van der Waals surface area contributed by atoms with Gasteiger partial charge >= 0.3 is 6.09 Å². The first-order chi connectivity index (χ1) is 13.1. The Labute approximate surface area is 161 Å². The minimum Gasteiger partial charge on any atom is -0.449 e. The number of fused-ring (bicyclic) bond motifs is 2. The molecule has 2 bridgehead atoms. The minimum absolute atomic E-state index is 0.00291. The molecule has 1 amide bonds. The Morgan fingerprint density at radius 2 is 2.00 bits per heavy atom. The third kappa shape index (κ3) is 4.30. The van der Waals surface area contributed by atoms with Crippen molar-refractivity contribution >= 4 is 22.4 Å². The number of carbonyl (C=O) groups is 1.